The van der Waals surface area contributed by atoms with E-state index < -0.39 is 0 Å². The minimum absolute atomic E-state index is 0.0138. The summed E-state index contributed by atoms with van der Waals surface area (Å²) in [5.74, 6) is 0. The molecular weight excluding hydrogens is 280 g/mol. The molecule has 0 aliphatic carbocycles. The van der Waals surface area contributed by atoms with Crippen LogP contribution in [0.2, 0.25) is 0 Å². The molecule has 0 fully saturated rings. The molecule has 3 atom stereocenters. The number of hydrogen-bond donors (Lipinski definition) is 2. The summed E-state index contributed by atoms with van der Waals surface area (Å²) in [6.45, 7) is 4.39. The summed E-state index contributed by atoms with van der Waals surface area (Å²) in [7, 11) is 1.99. The number of hydrogen-bond acceptors (Lipinski definition) is 3. The summed E-state index contributed by atoms with van der Waals surface area (Å²) in [6, 6.07) is 8.30. The first-order chi connectivity index (χ1) is 7.91. The quantitative estimate of drug-likeness (QED) is 0.876. The van der Waals surface area contributed by atoms with Crippen molar-refractivity contribution in [3.05, 3.63) is 34.3 Å². The summed E-state index contributed by atoms with van der Waals surface area (Å²) < 4.78 is 1.06. The highest BCUT2D eigenvalue weighted by atomic mass is 79.9. The van der Waals surface area contributed by atoms with Gasteiger partial charge in [-0.3, -0.25) is 4.90 Å². The van der Waals surface area contributed by atoms with Crippen LogP contribution >= 0.6 is 15.9 Å². The SMILES string of the molecule is CC(O)CN(C)C(c1ccc(Br)cc1)C(C)N. The van der Waals surface area contributed by atoms with Crippen molar-refractivity contribution in [3.8, 4) is 0 Å². The van der Waals surface area contributed by atoms with Crippen molar-refractivity contribution >= 4 is 15.9 Å². The molecule has 1 aromatic rings. The Labute approximate surface area is 112 Å². The predicted molar refractivity (Wildman–Crippen MR) is 74.8 cm³/mol. The van der Waals surface area contributed by atoms with Crippen molar-refractivity contribution in [3.63, 3.8) is 0 Å². The Morgan fingerprint density at radius 3 is 2.24 bits per heavy atom. The van der Waals surface area contributed by atoms with Crippen LogP contribution in [0.25, 0.3) is 0 Å². The van der Waals surface area contributed by atoms with Gasteiger partial charge in [0.05, 0.1) is 6.10 Å². The molecule has 1 aromatic carbocycles. The van der Waals surface area contributed by atoms with Crippen LogP contribution in [0.4, 0.5) is 0 Å². The van der Waals surface area contributed by atoms with Crippen LogP contribution in [0.15, 0.2) is 28.7 Å². The molecule has 1 rings (SSSR count). The molecule has 0 bridgehead atoms. The standard InChI is InChI=1S/C13H21BrN2O/c1-9(17)8-16(3)13(10(2)15)11-4-6-12(14)7-5-11/h4-7,9-10,13,17H,8,15H2,1-3H3. The Hall–Kier alpha value is -0.420. The van der Waals surface area contributed by atoms with Gasteiger partial charge in [-0.1, -0.05) is 28.1 Å². The van der Waals surface area contributed by atoms with Crippen LogP contribution in [0.3, 0.4) is 0 Å². The number of rotatable bonds is 5. The summed E-state index contributed by atoms with van der Waals surface area (Å²) in [5.41, 5.74) is 7.22. The molecule has 0 radical (unpaired) electrons. The molecule has 0 spiro atoms. The second kappa shape index (κ2) is 6.50. The van der Waals surface area contributed by atoms with E-state index in [9.17, 15) is 5.11 Å². The number of nitrogens with two attached hydrogens (primary N) is 1. The molecule has 0 saturated carbocycles. The van der Waals surface area contributed by atoms with Gasteiger partial charge < -0.3 is 10.8 Å². The maximum Gasteiger partial charge on any atom is 0.0639 e. The van der Waals surface area contributed by atoms with Gasteiger partial charge >= 0.3 is 0 Å². The topological polar surface area (TPSA) is 49.5 Å². The maximum absolute atomic E-state index is 9.45. The Bertz CT molecular complexity index is 338. The van der Waals surface area contributed by atoms with Gasteiger partial charge in [0, 0.05) is 23.1 Å². The number of likely N-dealkylation sites (N-methyl/N-ethyl adjacent to an activating group) is 1. The van der Waals surface area contributed by atoms with Gasteiger partial charge in [0.25, 0.3) is 0 Å². The minimum Gasteiger partial charge on any atom is -0.392 e. The van der Waals surface area contributed by atoms with Crippen LogP contribution in [-0.4, -0.2) is 35.7 Å². The molecule has 4 heteroatoms. The molecule has 3 nitrogen and oxygen atoms in total. The Morgan fingerprint density at radius 1 is 1.29 bits per heavy atom. The zero-order chi connectivity index (χ0) is 13.0. The lowest BCUT2D eigenvalue weighted by Gasteiger charge is -2.32. The average molecular weight is 301 g/mol. The van der Waals surface area contributed by atoms with E-state index in [4.69, 9.17) is 5.73 Å². The number of aliphatic hydroxyl groups excluding tert-OH is 1. The largest absolute Gasteiger partial charge is 0.392 e. The highest BCUT2D eigenvalue weighted by Crippen LogP contribution is 2.24. The molecule has 0 heterocycles. The van der Waals surface area contributed by atoms with Gasteiger partial charge in [0.1, 0.15) is 0 Å². The lowest BCUT2D eigenvalue weighted by atomic mass is 9.99. The molecule has 3 unspecified atom stereocenters. The number of nitrogens with zero attached hydrogens (tertiary/aromatic N) is 1. The van der Waals surface area contributed by atoms with E-state index in [2.05, 4.69) is 33.0 Å². The molecule has 0 aliphatic rings. The van der Waals surface area contributed by atoms with Gasteiger partial charge in [-0.15, -0.1) is 0 Å². The van der Waals surface area contributed by atoms with Gasteiger partial charge in [-0.25, -0.2) is 0 Å². The smallest absolute Gasteiger partial charge is 0.0639 e. The molecule has 0 aliphatic heterocycles. The van der Waals surface area contributed by atoms with E-state index in [1.165, 1.54) is 5.56 Å². The van der Waals surface area contributed by atoms with E-state index >= 15 is 0 Å². The fourth-order valence-electron chi connectivity index (χ4n) is 2.15. The fraction of sp³-hybridized carbons (Fsp3) is 0.538. The zero-order valence-corrected chi connectivity index (χ0v) is 12.2. The normalized spacial score (nSPS) is 16.9. The van der Waals surface area contributed by atoms with Crippen molar-refractivity contribution < 1.29 is 5.11 Å². The van der Waals surface area contributed by atoms with Gasteiger partial charge in [-0.05, 0) is 38.6 Å². The third-order valence-electron chi connectivity index (χ3n) is 2.74. The lowest BCUT2D eigenvalue weighted by Crippen LogP contribution is -2.40. The third kappa shape index (κ3) is 4.39. The Morgan fingerprint density at radius 2 is 1.82 bits per heavy atom. The predicted octanol–water partition coefficient (Wildman–Crippen LogP) is 2.15. The maximum atomic E-state index is 9.45. The summed E-state index contributed by atoms with van der Waals surface area (Å²) in [4.78, 5) is 2.10. The minimum atomic E-state index is -0.350. The Balaban J connectivity index is 2.89. The van der Waals surface area contributed by atoms with Gasteiger partial charge in [0.15, 0.2) is 0 Å². The third-order valence-corrected chi connectivity index (χ3v) is 3.27. The highest BCUT2D eigenvalue weighted by Gasteiger charge is 2.21. The zero-order valence-electron chi connectivity index (χ0n) is 10.6. The molecule has 3 N–H and O–H groups in total. The lowest BCUT2D eigenvalue weighted by molar-refractivity contribution is 0.110. The average Bonchev–Trinajstić information content (AvgIpc) is 2.19. The van der Waals surface area contributed by atoms with E-state index in [0.29, 0.717) is 6.54 Å². The fourth-order valence-corrected chi connectivity index (χ4v) is 2.41. The van der Waals surface area contributed by atoms with Crippen molar-refractivity contribution in [2.45, 2.75) is 32.0 Å². The summed E-state index contributed by atoms with van der Waals surface area (Å²) in [5, 5.41) is 9.45. The first kappa shape index (κ1) is 14.6. The van der Waals surface area contributed by atoms with Gasteiger partial charge in [-0.2, -0.15) is 0 Å². The van der Waals surface area contributed by atoms with Crippen LogP contribution in [0.1, 0.15) is 25.5 Å². The molecule has 0 aromatic heterocycles. The number of aliphatic hydroxyl groups is 1. The van der Waals surface area contributed by atoms with E-state index in [1.807, 2.05) is 26.1 Å². The molecular formula is C13H21BrN2O. The first-order valence-corrected chi connectivity index (χ1v) is 6.60. The van der Waals surface area contributed by atoms with Crippen molar-refractivity contribution in [1.29, 1.82) is 0 Å². The number of benzene rings is 1. The summed E-state index contributed by atoms with van der Waals surface area (Å²) >= 11 is 3.42. The Kier molecular flexibility index (Phi) is 5.59. The molecule has 0 amide bonds. The first-order valence-electron chi connectivity index (χ1n) is 5.81. The van der Waals surface area contributed by atoms with E-state index in [0.717, 1.165) is 4.47 Å². The second-order valence-corrected chi connectivity index (χ2v) is 5.56. The van der Waals surface area contributed by atoms with Crippen LogP contribution < -0.4 is 5.73 Å². The van der Waals surface area contributed by atoms with E-state index in [1.54, 1.807) is 6.92 Å². The highest BCUT2D eigenvalue weighted by molar-refractivity contribution is 9.10. The number of halogens is 1. The molecule has 17 heavy (non-hydrogen) atoms. The van der Waals surface area contributed by atoms with Crippen LogP contribution in [0.5, 0.6) is 0 Å². The van der Waals surface area contributed by atoms with Crippen molar-refractivity contribution in [2.24, 2.45) is 5.73 Å². The molecule has 96 valence electrons. The second-order valence-electron chi connectivity index (χ2n) is 4.64. The summed E-state index contributed by atoms with van der Waals surface area (Å²) in [6.07, 6.45) is -0.350. The monoisotopic (exact) mass is 300 g/mol. The van der Waals surface area contributed by atoms with Crippen molar-refractivity contribution in [2.75, 3.05) is 13.6 Å². The van der Waals surface area contributed by atoms with Crippen LogP contribution in [-0.2, 0) is 0 Å². The molecule has 0 saturated heterocycles. The van der Waals surface area contributed by atoms with E-state index in [-0.39, 0.29) is 18.2 Å². The van der Waals surface area contributed by atoms with Crippen LogP contribution in [0, 0.1) is 0 Å². The van der Waals surface area contributed by atoms with Gasteiger partial charge in [0.2, 0.25) is 0 Å². The van der Waals surface area contributed by atoms with Crippen molar-refractivity contribution in [1.82, 2.24) is 4.90 Å².